The van der Waals surface area contributed by atoms with Gasteiger partial charge in [-0.25, -0.2) is 9.37 Å². The van der Waals surface area contributed by atoms with Gasteiger partial charge in [-0.15, -0.1) is 0 Å². The van der Waals surface area contributed by atoms with Crippen LogP contribution >= 0.6 is 35.0 Å². The number of thioether (sulfide) groups is 1. The van der Waals surface area contributed by atoms with E-state index in [0.29, 0.717) is 5.56 Å². The summed E-state index contributed by atoms with van der Waals surface area (Å²) < 4.78 is 24.4. The lowest BCUT2D eigenvalue weighted by atomic mass is 10.2. The monoisotopic (exact) mass is 476 g/mol. The number of hydrogen-bond acceptors (Lipinski definition) is 8. The van der Waals surface area contributed by atoms with Crippen molar-refractivity contribution < 1.29 is 19.0 Å². The van der Waals surface area contributed by atoms with Gasteiger partial charge in [0.15, 0.2) is 11.6 Å². The molecule has 0 aliphatic carbocycles. The van der Waals surface area contributed by atoms with E-state index in [-0.39, 0.29) is 50.5 Å². The van der Waals surface area contributed by atoms with E-state index in [1.54, 1.807) is 0 Å². The van der Waals surface area contributed by atoms with Crippen molar-refractivity contribution in [3.8, 4) is 11.6 Å². The highest BCUT2D eigenvalue weighted by Gasteiger charge is 2.17. The Hall–Kier alpha value is -1.91. The maximum absolute atomic E-state index is 14.3. The first-order valence-corrected chi connectivity index (χ1v) is 10.4. The lowest BCUT2D eigenvalue weighted by Crippen LogP contribution is -2.31. The lowest BCUT2D eigenvalue weighted by Gasteiger charge is -2.13. The first-order valence-electron chi connectivity index (χ1n) is 8.80. The van der Waals surface area contributed by atoms with Gasteiger partial charge in [-0.05, 0) is 12.1 Å². The molecule has 0 aliphatic heterocycles. The first kappa shape index (κ1) is 26.1. The number of halogens is 3. The molecule has 2 aromatic rings. The van der Waals surface area contributed by atoms with E-state index >= 15 is 0 Å². The van der Waals surface area contributed by atoms with Gasteiger partial charge in [-0.3, -0.25) is 10.8 Å². The average Bonchev–Trinajstić information content (AvgIpc) is 2.74. The standard InChI is InChI=1S/C17H17Cl2FN4O3S.C2H6/c1-26-17-12(19)2-8(5-24-17)15(22)28-16(23)10-3-13(20)14(4-11(10)18)27-7-9(21)6-25;1-2/h2-5,9,22-23,25H,6-7,21H2,1H3;1-2H3. The Labute approximate surface area is 188 Å². The molecular formula is C19H23Cl2FN4O3S. The second kappa shape index (κ2) is 12.7. The van der Waals surface area contributed by atoms with E-state index in [1.807, 2.05) is 13.8 Å². The second-order valence-electron chi connectivity index (χ2n) is 5.49. The van der Waals surface area contributed by atoms with Gasteiger partial charge in [0, 0.05) is 23.4 Å². The Bertz CT molecular complexity index is 902. The van der Waals surface area contributed by atoms with Gasteiger partial charge >= 0.3 is 0 Å². The highest BCUT2D eigenvalue weighted by Crippen LogP contribution is 2.31. The number of benzene rings is 1. The van der Waals surface area contributed by atoms with Crippen molar-refractivity contribution in [1.29, 1.82) is 10.8 Å². The summed E-state index contributed by atoms with van der Waals surface area (Å²) in [5, 5.41) is 25.3. The molecule has 0 radical (unpaired) electrons. The topological polar surface area (TPSA) is 125 Å². The molecule has 0 aliphatic rings. The van der Waals surface area contributed by atoms with Gasteiger partial charge in [0.05, 0.1) is 24.8 Å². The molecule has 0 saturated heterocycles. The van der Waals surface area contributed by atoms with Crippen molar-refractivity contribution in [2.75, 3.05) is 20.3 Å². The number of nitrogens with two attached hydrogens (primary N) is 1. The highest BCUT2D eigenvalue weighted by molar-refractivity contribution is 8.27. The number of hydrogen-bond donors (Lipinski definition) is 4. The van der Waals surface area contributed by atoms with Gasteiger partial charge in [0.25, 0.3) is 0 Å². The Morgan fingerprint density at radius 1 is 1.23 bits per heavy atom. The van der Waals surface area contributed by atoms with E-state index in [0.717, 1.165) is 17.8 Å². The smallest absolute Gasteiger partial charge is 0.232 e. The average molecular weight is 477 g/mol. The lowest BCUT2D eigenvalue weighted by molar-refractivity contribution is 0.202. The summed E-state index contributed by atoms with van der Waals surface area (Å²) in [4.78, 5) is 3.97. The van der Waals surface area contributed by atoms with Crippen LogP contribution in [0.25, 0.3) is 0 Å². The first-order chi connectivity index (χ1) is 14.3. The van der Waals surface area contributed by atoms with Crippen molar-refractivity contribution >= 4 is 45.1 Å². The Kier molecular flexibility index (Phi) is 11.1. The third-order valence-electron chi connectivity index (χ3n) is 3.42. The van der Waals surface area contributed by atoms with Crippen LogP contribution in [0.15, 0.2) is 24.4 Å². The van der Waals surface area contributed by atoms with E-state index in [4.69, 9.17) is 54.3 Å². The summed E-state index contributed by atoms with van der Waals surface area (Å²) >= 11 is 12.9. The molecule has 1 atom stereocenters. The van der Waals surface area contributed by atoms with Crippen molar-refractivity contribution in [2.45, 2.75) is 19.9 Å². The Morgan fingerprint density at radius 3 is 2.47 bits per heavy atom. The van der Waals surface area contributed by atoms with E-state index in [2.05, 4.69) is 4.98 Å². The van der Waals surface area contributed by atoms with Crippen LogP contribution < -0.4 is 15.2 Å². The molecular weight excluding hydrogens is 454 g/mol. The van der Waals surface area contributed by atoms with E-state index in [9.17, 15) is 4.39 Å². The number of rotatable bonds is 7. The minimum atomic E-state index is -0.740. The van der Waals surface area contributed by atoms with Crippen LogP contribution in [0, 0.1) is 16.6 Å². The number of aliphatic hydroxyl groups is 1. The fraction of sp³-hybridized carbons (Fsp3) is 0.316. The molecule has 0 spiro atoms. The zero-order valence-electron chi connectivity index (χ0n) is 16.6. The molecule has 11 heteroatoms. The highest BCUT2D eigenvalue weighted by atomic mass is 35.5. The maximum Gasteiger partial charge on any atom is 0.232 e. The van der Waals surface area contributed by atoms with Crippen LogP contribution in [-0.2, 0) is 0 Å². The van der Waals surface area contributed by atoms with Crippen LogP contribution in [0.2, 0.25) is 10.0 Å². The zero-order chi connectivity index (χ0) is 22.8. The van der Waals surface area contributed by atoms with Crippen LogP contribution in [0.5, 0.6) is 11.6 Å². The molecule has 0 saturated carbocycles. The maximum atomic E-state index is 14.3. The molecule has 2 rings (SSSR count). The second-order valence-corrected chi connectivity index (χ2v) is 7.33. The molecule has 1 aromatic carbocycles. The molecule has 0 amide bonds. The summed E-state index contributed by atoms with van der Waals surface area (Å²) in [7, 11) is 1.42. The van der Waals surface area contributed by atoms with Gasteiger partial charge in [-0.1, -0.05) is 48.8 Å². The van der Waals surface area contributed by atoms with Crippen LogP contribution in [0.1, 0.15) is 25.0 Å². The van der Waals surface area contributed by atoms with Gasteiger partial charge in [-0.2, -0.15) is 0 Å². The Morgan fingerprint density at radius 2 is 1.90 bits per heavy atom. The molecule has 164 valence electrons. The summed E-state index contributed by atoms with van der Waals surface area (Å²) in [6.45, 7) is 3.60. The van der Waals surface area contributed by atoms with Gasteiger partial charge < -0.3 is 20.3 Å². The predicted octanol–water partition coefficient (Wildman–Crippen LogP) is 4.34. The summed E-state index contributed by atoms with van der Waals surface area (Å²) in [5.41, 5.74) is 5.98. The molecule has 5 N–H and O–H groups in total. The number of ether oxygens (including phenoxy) is 2. The number of pyridine rings is 1. The van der Waals surface area contributed by atoms with Crippen LogP contribution in [0.3, 0.4) is 0 Å². The summed E-state index contributed by atoms with van der Waals surface area (Å²) in [6, 6.07) is 3.10. The van der Waals surface area contributed by atoms with Crippen molar-refractivity contribution in [1.82, 2.24) is 4.98 Å². The molecule has 30 heavy (non-hydrogen) atoms. The fourth-order valence-electron chi connectivity index (χ4n) is 1.98. The number of aromatic nitrogens is 1. The van der Waals surface area contributed by atoms with Crippen molar-refractivity contribution in [3.05, 3.63) is 51.4 Å². The number of nitrogens with zero attached hydrogens (tertiary/aromatic N) is 1. The quantitative estimate of drug-likeness (QED) is 0.347. The summed E-state index contributed by atoms with van der Waals surface area (Å²) in [6.07, 6.45) is 1.39. The minimum absolute atomic E-state index is 0.0206. The molecule has 1 aromatic heterocycles. The zero-order valence-corrected chi connectivity index (χ0v) is 19.0. The normalized spacial score (nSPS) is 11.2. The van der Waals surface area contributed by atoms with Crippen molar-refractivity contribution in [3.63, 3.8) is 0 Å². The number of nitrogens with one attached hydrogen (secondary N) is 2. The number of methoxy groups -OCH3 is 1. The molecule has 1 heterocycles. The molecule has 0 bridgehead atoms. The van der Waals surface area contributed by atoms with E-state index in [1.165, 1.54) is 25.4 Å². The number of aliphatic hydroxyl groups excluding tert-OH is 1. The molecule has 7 nitrogen and oxygen atoms in total. The molecule has 0 fully saturated rings. The van der Waals surface area contributed by atoms with Gasteiger partial charge in [0.1, 0.15) is 21.7 Å². The molecule has 1 unspecified atom stereocenters. The van der Waals surface area contributed by atoms with Gasteiger partial charge in [0.2, 0.25) is 5.88 Å². The van der Waals surface area contributed by atoms with Crippen molar-refractivity contribution in [2.24, 2.45) is 5.73 Å². The fourth-order valence-corrected chi connectivity index (χ4v) is 3.24. The Balaban J connectivity index is 0.00000218. The third kappa shape index (κ3) is 7.10. The summed E-state index contributed by atoms with van der Waals surface area (Å²) in [5.74, 6) is -0.660. The van der Waals surface area contributed by atoms with E-state index < -0.39 is 11.9 Å². The largest absolute Gasteiger partial charge is 0.489 e. The predicted molar refractivity (Wildman–Crippen MR) is 120 cm³/mol. The SMILES string of the molecule is CC.COc1ncc(C(=N)SC(=N)c2cc(F)c(OCC(N)CO)cc2Cl)cc1Cl. The van der Waals surface area contributed by atoms with Crippen LogP contribution in [-0.4, -0.2) is 46.5 Å². The third-order valence-corrected chi connectivity index (χ3v) is 4.87. The van der Waals surface area contributed by atoms with Crippen LogP contribution in [0.4, 0.5) is 4.39 Å². The minimum Gasteiger partial charge on any atom is -0.489 e.